The van der Waals surface area contributed by atoms with Crippen molar-refractivity contribution in [3.05, 3.63) is 64.4 Å². The number of Topliss-reactive ketones (excluding diaryl/α,β-unsaturated/α-hetero) is 1. The number of hydrogen-bond acceptors (Lipinski definition) is 5. The Morgan fingerprint density at radius 2 is 2.09 bits per heavy atom. The van der Waals surface area contributed by atoms with Crippen LogP contribution in [0.2, 0.25) is 5.02 Å². The van der Waals surface area contributed by atoms with Gasteiger partial charge in [0.05, 0.1) is 11.5 Å². The first-order valence-corrected chi connectivity index (χ1v) is 7.07. The number of aliphatic carboxylic acids is 1. The van der Waals surface area contributed by atoms with Crippen molar-refractivity contribution in [1.29, 1.82) is 0 Å². The fourth-order valence-electron chi connectivity index (χ4n) is 2.15. The number of allylic oxidation sites excluding steroid dienone is 1. The summed E-state index contributed by atoms with van der Waals surface area (Å²) in [4.78, 5) is 22.7. The smallest absolute Gasteiger partial charge is 0.231 e. The second kappa shape index (κ2) is 6.14. The molecule has 1 heterocycles. The molecule has 5 nitrogen and oxygen atoms in total. The van der Waals surface area contributed by atoms with Gasteiger partial charge in [0.2, 0.25) is 5.78 Å². The Bertz CT molecular complexity index is 825. The maximum absolute atomic E-state index is 12.3. The first kappa shape index (κ1) is 15.1. The van der Waals surface area contributed by atoms with E-state index >= 15 is 0 Å². The number of ketones is 1. The number of carboxylic acid groups (broad SMARTS) is 1. The van der Waals surface area contributed by atoms with Crippen LogP contribution in [0.5, 0.6) is 11.5 Å². The quantitative estimate of drug-likeness (QED) is 0.803. The van der Waals surface area contributed by atoms with Gasteiger partial charge in [-0.3, -0.25) is 4.79 Å². The number of rotatable bonds is 4. The van der Waals surface area contributed by atoms with Crippen molar-refractivity contribution in [2.75, 3.05) is 6.61 Å². The summed E-state index contributed by atoms with van der Waals surface area (Å²) in [5.41, 5.74) is 1.13. The van der Waals surface area contributed by atoms with E-state index in [2.05, 4.69) is 0 Å². The van der Waals surface area contributed by atoms with E-state index in [1.54, 1.807) is 30.3 Å². The highest BCUT2D eigenvalue weighted by Gasteiger charge is 2.27. The largest absolute Gasteiger partial charge is 0.546 e. The third-order valence-corrected chi connectivity index (χ3v) is 3.38. The molecule has 0 aliphatic carbocycles. The number of carboxylic acids is 1. The minimum atomic E-state index is -1.33. The van der Waals surface area contributed by atoms with E-state index in [4.69, 9.17) is 21.1 Å². The Labute approximate surface area is 136 Å². The predicted molar refractivity (Wildman–Crippen MR) is 81.3 cm³/mol. The Hall–Kier alpha value is -2.79. The molecule has 1 aliphatic rings. The molecule has 1 aliphatic heterocycles. The highest BCUT2D eigenvalue weighted by atomic mass is 35.5. The number of benzene rings is 2. The highest BCUT2D eigenvalue weighted by Crippen LogP contribution is 2.35. The summed E-state index contributed by atoms with van der Waals surface area (Å²) in [7, 11) is 0. The summed E-state index contributed by atoms with van der Waals surface area (Å²) in [5, 5.41) is 11.0. The van der Waals surface area contributed by atoms with Crippen molar-refractivity contribution < 1.29 is 24.2 Å². The van der Waals surface area contributed by atoms with E-state index < -0.39 is 12.6 Å². The van der Waals surface area contributed by atoms with Crippen LogP contribution in [0, 0.1) is 0 Å². The lowest BCUT2D eigenvalue weighted by Gasteiger charge is -2.07. The fourth-order valence-corrected chi connectivity index (χ4v) is 2.35. The Balaban J connectivity index is 1.85. The summed E-state index contributed by atoms with van der Waals surface area (Å²) < 4.78 is 10.5. The van der Waals surface area contributed by atoms with Gasteiger partial charge in [-0.1, -0.05) is 23.7 Å². The van der Waals surface area contributed by atoms with Crippen LogP contribution in [-0.4, -0.2) is 18.4 Å². The van der Waals surface area contributed by atoms with Crippen molar-refractivity contribution in [1.82, 2.24) is 0 Å². The van der Waals surface area contributed by atoms with Gasteiger partial charge in [-0.25, -0.2) is 0 Å². The highest BCUT2D eigenvalue weighted by molar-refractivity contribution is 6.30. The van der Waals surface area contributed by atoms with Crippen LogP contribution in [0.15, 0.2) is 48.2 Å². The summed E-state index contributed by atoms with van der Waals surface area (Å²) in [6.45, 7) is -0.571. The molecule has 0 N–H and O–H groups in total. The van der Waals surface area contributed by atoms with Crippen LogP contribution in [0.3, 0.4) is 0 Å². The van der Waals surface area contributed by atoms with Crippen LogP contribution < -0.4 is 14.6 Å². The van der Waals surface area contributed by atoms with Gasteiger partial charge in [0.25, 0.3) is 0 Å². The summed E-state index contributed by atoms with van der Waals surface area (Å²) in [6, 6.07) is 11.5. The zero-order chi connectivity index (χ0) is 16.4. The standard InChI is InChI=1S/C17H11ClO5/c18-11-3-1-2-10(6-11)7-15-17(21)13-5-4-12(8-14(13)23-15)22-9-16(19)20/h1-8H,9H2,(H,19,20)/p-1/b15-7-. The molecule has 2 aromatic carbocycles. The second-order valence-corrected chi connectivity index (χ2v) is 5.25. The van der Waals surface area contributed by atoms with Crippen molar-refractivity contribution in [2.24, 2.45) is 0 Å². The van der Waals surface area contributed by atoms with Crippen molar-refractivity contribution in [2.45, 2.75) is 0 Å². The summed E-state index contributed by atoms with van der Waals surface area (Å²) >= 11 is 5.91. The second-order valence-electron chi connectivity index (χ2n) is 4.81. The number of carbonyl (C=O) groups is 2. The number of fused-ring (bicyclic) bond motifs is 1. The van der Waals surface area contributed by atoms with E-state index in [0.717, 1.165) is 5.56 Å². The molecule has 0 spiro atoms. The zero-order valence-electron chi connectivity index (χ0n) is 11.7. The van der Waals surface area contributed by atoms with E-state index in [9.17, 15) is 14.7 Å². The molecule has 6 heteroatoms. The minimum Gasteiger partial charge on any atom is -0.546 e. The molecule has 0 bridgehead atoms. The molecule has 3 rings (SSSR count). The van der Waals surface area contributed by atoms with Crippen LogP contribution in [0.4, 0.5) is 0 Å². The summed E-state index contributed by atoms with van der Waals surface area (Å²) in [5.74, 6) is -0.821. The first-order valence-electron chi connectivity index (χ1n) is 6.69. The van der Waals surface area contributed by atoms with Gasteiger partial charge in [-0.05, 0) is 35.9 Å². The third-order valence-electron chi connectivity index (χ3n) is 3.14. The molecular weight excluding hydrogens is 320 g/mol. The van der Waals surface area contributed by atoms with Gasteiger partial charge < -0.3 is 19.4 Å². The number of hydrogen-bond donors (Lipinski definition) is 0. The topological polar surface area (TPSA) is 75.7 Å². The third kappa shape index (κ3) is 3.35. The lowest BCUT2D eigenvalue weighted by molar-refractivity contribution is -0.307. The maximum Gasteiger partial charge on any atom is 0.231 e. The lowest BCUT2D eigenvalue weighted by Crippen LogP contribution is -2.28. The molecule has 0 aromatic heterocycles. The molecule has 0 fully saturated rings. The predicted octanol–water partition coefficient (Wildman–Crippen LogP) is 2.08. The van der Waals surface area contributed by atoms with Gasteiger partial charge in [-0.15, -0.1) is 0 Å². The fraction of sp³-hybridized carbons (Fsp3) is 0.0588. The molecule has 2 aromatic rings. The van der Waals surface area contributed by atoms with Crippen LogP contribution >= 0.6 is 11.6 Å². The average Bonchev–Trinajstić information content (AvgIpc) is 2.81. The molecule has 0 radical (unpaired) electrons. The van der Waals surface area contributed by atoms with E-state index in [-0.39, 0.29) is 17.3 Å². The normalized spacial score (nSPS) is 14.5. The van der Waals surface area contributed by atoms with Gasteiger partial charge in [0, 0.05) is 11.1 Å². The molecule has 116 valence electrons. The molecule has 0 atom stereocenters. The maximum atomic E-state index is 12.3. The zero-order valence-corrected chi connectivity index (χ0v) is 12.5. The van der Waals surface area contributed by atoms with Gasteiger partial charge in [0.1, 0.15) is 18.1 Å². The van der Waals surface area contributed by atoms with E-state index in [0.29, 0.717) is 16.3 Å². The van der Waals surface area contributed by atoms with Crippen molar-refractivity contribution >= 4 is 29.4 Å². The number of carbonyl (C=O) groups excluding carboxylic acids is 2. The number of halogens is 1. The van der Waals surface area contributed by atoms with Gasteiger partial charge in [0.15, 0.2) is 5.76 Å². The molecule has 0 saturated carbocycles. The Kier molecular flexibility index (Phi) is 4.04. The Morgan fingerprint density at radius 3 is 2.83 bits per heavy atom. The van der Waals surface area contributed by atoms with Gasteiger partial charge >= 0.3 is 0 Å². The molecule has 0 amide bonds. The molecule has 0 unspecified atom stereocenters. The lowest BCUT2D eigenvalue weighted by atomic mass is 10.1. The molecule has 0 saturated heterocycles. The Morgan fingerprint density at radius 1 is 1.26 bits per heavy atom. The average molecular weight is 330 g/mol. The SMILES string of the molecule is O=C([O-])COc1ccc2c(c1)O/C(=C\c1cccc(Cl)c1)C2=O. The molecule has 23 heavy (non-hydrogen) atoms. The minimum absolute atomic E-state index is 0.166. The molecular formula is C17H10ClO5-. The van der Waals surface area contributed by atoms with E-state index in [1.807, 2.05) is 0 Å². The van der Waals surface area contributed by atoms with Crippen LogP contribution in [0.1, 0.15) is 15.9 Å². The van der Waals surface area contributed by atoms with Crippen LogP contribution in [0.25, 0.3) is 6.08 Å². The van der Waals surface area contributed by atoms with Crippen molar-refractivity contribution in [3.8, 4) is 11.5 Å². The van der Waals surface area contributed by atoms with Gasteiger partial charge in [-0.2, -0.15) is 0 Å². The van der Waals surface area contributed by atoms with Crippen molar-refractivity contribution in [3.63, 3.8) is 0 Å². The first-order chi connectivity index (χ1) is 11.0. The number of ether oxygens (including phenoxy) is 2. The summed E-state index contributed by atoms with van der Waals surface area (Å²) in [6.07, 6.45) is 1.59. The monoisotopic (exact) mass is 329 g/mol. The van der Waals surface area contributed by atoms with E-state index in [1.165, 1.54) is 18.2 Å². The van der Waals surface area contributed by atoms with Crippen LogP contribution in [-0.2, 0) is 4.79 Å².